The second-order valence-electron chi connectivity index (χ2n) is 8.98. The van der Waals surface area contributed by atoms with E-state index in [-0.39, 0.29) is 36.1 Å². The molecule has 1 fully saturated rings. The Kier molecular flexibility index (Phi) is 4.95. The molecule has 1 amide bonds. The van der Waals surface area contributed by atoms with Crippen LogP contribution in [0, 0.1) is 11.8 Å². The zero-order valence-corrected chi connectivity index (χ0v) is 18.6. The van der Waals surface area contributed by atoms with Gasteiger partial charge in [0.2, 0.25) is 11.7 Å². The highest BCUT2D eigenvalue weighted by molar-refractivity contribution is 6.22. The molecule has 3 aliphatic carbocycles. The lowest BCUT2D eigenvalue weighted by atomic mass is 9.59. The summed E-state index contributed by atoms with van der Waals surface area (Å²) in [5.74, 6) is -6.14. The van der Waals surface area contributed by atoms with Gasteiger partial charge in [0.15, 0.2) is 11.4 Å². The van der Waals surface area contributed by atoms with E-state index in [1.807, 2.05) is 0 Å². The fourth-order valence-corrected chi connectivity index (χ4v) is 5.55. The first-order valence-corrected chi connectivity index (χ1v) is 10.9. The Bertz CT molecular complexity index is 1370. The fraction of sp³-hybridized carbons (Fsp3) is 0.280. The monoisotopic (exact) mass is 478 g/mol. The summed E-state index contributed by atoms with van der Waals surface area (Å²) in [5, 5.41) is 43.7. The van der Waals surface area contributed by atoms with Gasteiger partial charge >= 0.3 is 0 Å². The fourth-order valence-electron chi connectivity index (χ4n) is 5.55. The molecular formula is C25H22N2O8. The minimum atomic E-state index is -2.58. The summed E-state index contributed by atoms with van der Waals surface area (Å²) in [6.07, 6.45) is 1.50. The number of phenols is 1. The number of fused-ring (bicyclic) bond motifs is 3. The third-order valence-electron chi connectivity index (χ3n) is 7.20. The van der Waals surface area contributed by atoms with Crippen LogP contribution in [0.25, 0.3) is 16.9 Å². The molecule has 3 atom stereocenters. The van der Waals surface area contributed by atoms with E-state index in [0.29, 0.717) is 22.6 Å². The number of methoxy groups -OCH3 is 1. The topological polar surface area (TPSA) is 180 Å². The summed E-state index contributed by atoms with van der Waals surface area (Å²) in [5.41, 5.74) is 3.59. The van der Waals surface area contributed by atoms with Gasteiger partial charge in [-0.2, -0.15) is 0 Å². The first-order valence-electron chi connectivity index (χ1n) is 10.9. The number of carbonyl (C=O) groups excluding carboxylic acids is 3. The molecule has 1 aromatic carbocycles. The number of Topliss-reactive ketones (excluding diaryl/α,β-unsaturated/α-hetero) is 2. The van der Waals surface area contributed by atoms with E-state index in [2.05, 4.69) is 4.98 Å². The molecule has 0 saturated heterocycles. The minimum Gasteiger partial charge on any atom is -0.508 e. The van der Waals surface area contributed by atoms with Crippen molar-refractivity contribution in [2.24, 2.45) is 17.6 Å². The molecule has 3 aliphatic rings. The van der Waals surface area contributed by atoms with E-state index in [9.17, 15) is 34.8 Å². The van der Waals surface area contributed by atoms with E-state index in [0.717, 1.165) is 0 Å². The van der Waals surface area contributed by atoms with Crippen LogP contribution in [0.4, 0.5) is 0 Å². The number of aromatic hydroxyl groups is 1. The zero-order valence-electron chi connectivity index (χ0n) is 18.6. The van der Waals surface area contributed by atoms with Crippen molar-refractivity contribution < 1.29 is 39.5 Å². The standard InChI is InChI=1S/C25H22N2O8/c1-35-17-5-2-10(9-27-17)13-3-4-15(28)19-14(13)7-11-6-12-8-16(29)20(24(26)33)23(32)25(12,34)22(31)18(11)21(19)30/h2-5,9,11-12,28,30,32,34H,6-8H2,1H3,(H2,26,33)/t11-,12+,25+/m1/s1. The van der Waals surface area contributed by atoms with E-state index in [1.165, 1.54) is 13.2 Å². The number of phenolic OH excluding ortho intramolecular Hbond substituents is 1. The third-order valence-corrected chi connectivity index (χ3v) is 7.20. The van der Waals surface area contributed by atoms with Crippen LogP contribution in [0.5, 0.6) is 11.6 Å². The van der Waals surface area contributed by atoms with Crippen molar-refractivity contribution in [3.05, 3.63) is 58.5 Å². The summed E-state index contributed by atoms with van der Waals surface area (Å²) >= 11 is 0. The average molecular weight is 478 g/mol. The number of primary amides is 1. The molecule has 1 aromatic heterocycles. The normalized spacial score (nSPS) is 25.7. The lowest BCUT2D eigenvalue weighted by Gasteiger charge is -2.46. The van der Waals surface area contributed by atoms with Crippen LogP contribution in [0.3, 0.4) is 0 Å². The maximum atomic E-state index is 13.5. The van der Waals surface area contributed by atoms with Crippen molar-refractivity contribution in [3.63, 3.8) is 0 Å². The van der Waals surface area contributed by atoms with E-state index in [4.69, 9.17) is 10.5 Å². The van der Waals surface area contributed by atoms with Crippen LogP contribution in [0.1, 0.15) is 24.0 Å². The van der Waals surface area contributed by atoms with Crippen LogP contribution >= 0.6 is 0 Å². The third kappa shape index (κ3) is 3.06. The SMILES string of the molecule is COc1ccc(-c2ccc(O)c3c2C[C@H]2C[C@H]4CC(=O)C(C(N)=O)=C(O)[C@@]4(O)C(=O)C2=C3O)cn1. The Morgan fingerprint density at radius 2 is 1.89 bits per heavy atom. The molecule has 1 heterocycles. The van der Waals surface area contributed by atoms with Gasteiger partial charge in [-0.25, -0.2) is 4.98 Å². The van der Waals surface area contributed by atoms with E-state index in [1.54, 1.807) is 24.4 Å². The number of hydrogen-bond acceptors (Lipinski definition) is 9. The Morgan fingerprint density at radius 1 is 1.14 bits per heavy atom. The van der Waals surface area contributed by atoms with E-state index >= 15 is 0 Å². The number of hydrogen-bond donors (Lipinski definition) is 5. The number of aliphatic hydroxyl groups excluding tert-OH is 2. The highest BCUT2D eigenvalue weighted by atomic mass is 16.5. The molecule has 0 aliphatic heterocycles. The van der Waals surface area contributed by atoms with Crippen LogP contribution in [-0.2, 0) is 20.8 Å². The van der Waals surface area contributed by atoms with Crippen molar-refractivity contribution in [2.45, 2.75) is 24.9 Å². The van der Waals surface area contributed by atoms with Gasteiger partial charge in [0, 0.05) is 35.7 Å². The summed E-state index contributed by atoms with van der Waals surface area (Å²) in [4.78, 5) is 41.9. The highest BCUT2D eigenvalue weighted by Gasteiger charge is 2.60. The molecule has 35 heavy (non-hydrogen) atoms. The molecule has 5 rings (SSSR count). The second kappa shape index (κ2) is 7.67. The van der Waals surface area contributed by atoms with E-state index < -0.39 is 52.0 Å². The summed E-state index contributed by atoms with van der Waals surface area (Å²) < 4.78 is 5.10. The number of ether oxygens (including phenoxy) is 1. The number of rotatable bonds is 3. The molecule has 10 heteroatoms. The zero-order chi connectivity index (χ0) is 25.2. The number of amides is 1. The van der Waals surface area contributed by atoms with Gasteiger partial charge < -0.3 is 30.9 Å². The summed E-state index contributed by atoms with van der Waals surface area (Å²) in [6.45, 7) is 0. The maximum Gasteiger partial charge on any atom is 0.255 e. The number of pyridine rings is 1. The average Bonchev–Trinajstić information content (AvgIpc) is 2.81. The maximum absolute atomic E-state index is 13.5. The number of aliphatic hydroxyl groups is 3. The van der Waals surface area contributed by atoms with Crippen LogP contribution in [0.2, 0.25) is 0 Å². The number of benzene rings is 1. The number of ketones is 2. The molecule has 2 aromatic rings. The molecule has 10 nitrogen and oxygen atoms in total. The van der Waals surface area contributed by atoms with Gasteiger partial charge in [0.1, 0.15) is 22.8 Å². The summed E-state index contributed by atoms with van der Waals surface area (Å²) in [6, 6.07) is 6.49. The van der Waals surface area contributed by atoms with Crippen molar-refractivity contribution >= 4 is 23.2 Å². The molecular weight excluding hydrogens is 456 g/mol. The molecule has 1 saturated carbocycles. The van der Waals surface area contributed by atoms with Gasteiger partial charge in [-0.05, 0) is 42.0 Å². The molecule has 0 radical (unpaired) electrons. The largest absolute Gasteiger partial charge is 0.508 e. The lowest BCUT2D eigenvalue weighted by molar-refractivity contribution is -0.147. The molecule has 0 bridgehead atoms. The lowest BCUT2D eigenvalue weighted by Crippen LogP contribution is -2.58. The Balaban J connectivity index is 1.68. The van der Waals surface area contributed by atoms with Gasteiger partial charge in [-0.15, -0.1) is 0 Å². The van der Waals surface area contributed by atoms with Crippen LogP contribution in [-0.4, -0.2) is 55.6 Å². The molecule has 0 spiro atoms. The van der Waals surface area contributed by atoms with Crippen molar-refractivity contribution in [1.29, 1.82) is 0 Å². The Hall–Kier alpha value is -4.18. The number of aromatic nitrogens is 1. The number of nitrogens with zero attached hydrogens (tertiary/aromatic N) is 1. The molecule has 6 N–H and O–H groups in total. The molecule has 180 valence electrons. The smallest absolute Gasteiger partial charge is 0.255 e. The number of carbonyl (C=O) groups is 3. The van der Waals surface area contributed by atoms with Crippen molar-refractivity contribution in [1.82, 2.24) is 4.98 Å². The van der Waals surface area contributed by atoms with Gasteiger partial charge in [-0.1, -0.05) is 6.07 Å². The Labute approximate surface area is 199 Å². The first kappa shape index (κ1) is 22.6. The van der Waals surface area contributed by atoms with Gasteiger partial charge in [0.05, 0.1) is 12.7 Å². The van der Waals surface area contributed by atoms with Crippen molar-refractivity contribution in [2.75, 3.05) is 7.11 Å². The predicted molar refractivity (Wildman–Crippen MR) is 121 cm³/mol. The van der Waals surface area contributed by atoms with Gasteiger partial charge in [0.25, 0.3) is 5.91 Å². The van der Waals surface area contributed by atoms with Crippen molar-refractivity contribution in [3.8, 4) is 22.8 Å². The van der Waals surface area contributed by atoms with Gasteiger partial charge in [-0.3, -0.25) is 14.4 Å². The second-order valence-corrected chi connectivity index (χ2v) is 8.98. The number of nitrogens with two attached hydrogens (primary N) is 1. The summed E-state index contributed by atoms with van der Waals surface area (Å²) in [7, 11) is 1.49. The quantitative estimate of drug-likeness (QED) is 0.408. The predicted octanol–water partition coefficient (Wildman–Crippen LogP) is 1.49. The first-order chi connectivity index (χ1) is 16.6. The molecule has 0 unspecified atom stereocenters. The Morgan fingerprint density at radius 3 is 2.51 bits per heavy atom. The minimum absolute atomic E-state index is 0.0328. The van der Waals surface area contributed by atoms with Crippen LogP contribution in [0.15, 0.2) is 47.4 Å². The highest BCUT2D eigenvalue weighted by Crippen LogP contribution is 2.53. The van der Waals surface area contributed by atoms with Crippen LogP contribution < -0.4 is 10.5 Å².